The number of anilines is 1. The summed E-state index contributed by atoms with van der Waals surface area (Å²) in [6, 6.07) is 3.03. The number of aromatic nitrogens is 1. The lowest BCUT2D eigenvalue weighted by molar-refractivity contribution is 0.573. The van der Waals surface area contributed by atoms with E-state index in [1.165, 1.54) is 12.3 Å². The van der Waals surface area contributed by atoms with E-state index in [9.17, 15) is 8.42 Å². The van der Waals surface area contributed by atoms with Crippen LogP contribution in [0.1, 0.15) is 32.6 Å². The van der Waals surface area contributed by atoms with Gasteiger partial charge < -0.3 is 5.43 Å². The first-order valence-corrected chi connectivity index (χ1v) is 7.51. The third kappa shape index (κ3) is 4.25. The SMILES string of the molecule is CCCCCCNS(=O)(=O)c1cccnc1NN. The number of nitrogens with two attached hydrogens (primary N) is 1. The Morgan fingerprint density at radius 1 is 1.33 bits per heavy atom. The van der Waals surface area contributed by atoms with Crippen molar-refractivity contribution in [3.8, 4) is 0 Å². The zero-order valence-corrected chi connectivity index (χ0v) is 11.3. The van der Waals surface area contributed by atoms with Gasteiger partial charge in [-0.15, -0.1) is 0 Å². The quantitative estimate of drug-likeness (QED) is 0.375. The van der Waals surface area contributed by atoms with Gasteiger partial charge in [0.2, 0.25) is 10.0 Å². The molecule has 1 heterocycles. The minimum atomic E-state index is -3.55. The Hall–Kier alpha value is -1.18. The van der Waals surface area contributed by atoms with E-state index in [1.54, 1.807) is 6.07 Å². The number of sulfonamides is 1. The summed E-state index contributed by atoms with van der Waals surface area (Å²) >= 11 is 0. The molecule has 0 fully saturated rings. The molecule has 1 rings (SSSR count). The largest absolute Gasteiger partial charge is 0.307 e. The van der Waals surface area contributed by atoms with E-state index >= 15 is 0 Å². The van der Waals surface area contributed by atoms with Gasteiger partial charge in [0.05, 0.1) is 0 Å². The van der Waals surface area contributed by atoms with Crippen LogP contribution in [0.15, 0.2) is 23.2 Å². The number of pyridine rings is 1. The van der Waals surface area contributed by atoms with Crippen LogP contribution >= 0.6 is 0 Å². The molecule has 102 valence electrons. The maximum Gasteiger partial charge on any atom is 0.244 e. The molecular weight excluding hydrogens is 252 g/mol. The molecule has 0 aliphatic carbocycles. The Bertz CT molecular complexity index is 462. The summed E-state index contributed by atoms with van der Waals surface area (Å²) in [5, 5.41) is 0. The van der Waals surface area contributed by atoms with Gasteiger partial charge in [-0.05, 0) is 18.6 Å². The molecule has 18 heavy (non-hydrogen) atoms. The van der Waals surface area contributed by atoms with Crippen molar-refractivity contribution in [2.45, 2.75) is 37.5 Å². The highest BCUT2D eigenvalue weighted by Gasteiger charge is 2.17. The van der Waals surface area contributed by atoms with Gasteiger partial charge in [0, 0.05) is 12.7 Å². The van der Waals surface area contributed by atoms with Crippen LogP contribution in [0.4, 0.5) is 5.82 Å². The predicted molar refractivity (Wildman–Crippen MR) is 71.4 cm³/mol. The molecule has 4 N–H and O–H groups in total. The number of hydrazine groups is 1. The Balaban J connectivity index is 2.63. The first-order chi connectivity index (χ1) is 8.61. The standard InChI is InChI=1S/C11H20N4O2S/c1-2-3-4-5-9-14-18(16,17)10-7-6-8-13-11(10)15-12/h6-8,14H,2-5,9,12H2,1H3,(H,13,15). The zero-order chi connectivity index (χ0) is 13.4. The summed E-state index contributed by atoms with van der Waals surface area (Å²) in [4.78, 5) is 3.94. The van der Waals surface area contributed by atoms with Crippen LogP contribution in [0.3, 0.4) is 0 Å². The Kier molecular flexibility index (Phi) is 6.03. The molecule has 1 aromatic rings. The van der Waals surface area contributed by atoms with E-state index in [2.05, 4.69) is 22.1 Å². The Morgan fingerprint density at radius 3 is 2.78 bits per heavy atom. The number of hydrogen-bond donors (Lipinski definition) is 3. The number of nitrogens with one attached hydrogen (secondary N) is 2. The van der Waals surface area contributed by atoms with Crippen LogP contribution in [0, 0.1) is 0 Å². The smallest absolute Gasteiger partial charge is 0.244 e. The number of nitrogens with zero attached hydrogens (tertiary/aromatic N) is 1. The minimum absolute atomic E-state index is 0.0722. The van der Waals surface area contributed by atoms with Crippen molar-refractivity contribution >= 4 is 15.8 Å². The highest BCUT2D eigenvalue weighted by atomic mass is 32.2. The van der Waals surface area contributed by atoms with Gasteiger partial charge >= 0.3 is 0 Å². The van der Waals surface area contributed by atoms with Crippen LogP contribution < -0.4 is 16.0 Å². The zero-order valence-electron chi connectivity index (χ0n) is 10.5. The third-order valence-corrected chi connectivity index (χ3v) is 4.01. The third-order valence-electron chi connectivity index (χ3n) is 2.52. The van der Waals surface area contributed by atoms with E-state index < -0.39 is 10.0 Å². The van der Waals surface area contributed by atoms with Crippen LogP contribution in [0.25, 0.3) is 0 Å². The van der Waals surface area contributed by atoms with Gasteiger partial charge in [0.15, 0.2) is 5.82 Å². The van der Waals surface area contributed by atoms with Gasteiger partial charge in [-0.3, -0.25) is 0 Å². The fraction of sp³-hybridized carbons (Fsp3) is 0.545. The topological polar surface area (TPSA) is 97.1 Å². The molecule has 0 aliphatic rings. The summed E-state index contributed by atoms with van der Waals surface area (Å²) in [7, 11) is -3.55. The fourth-order valence-electron chi connectivity index (χ4n) is 1.55. The van der Waals surface area contributed by atoms with Gasteiger partial charge in [-0.2, -0.15) is 0 Å². The molecular formula is C11H20N4O2S. The molecule has 0 bridgehead atoms. The van der Waals surface area contributed by atoms with Gasteiger partial charge in [-0.1, -0.05) is 26.2 Å². The van der Waals surface area contributed by atoms with Crippen LogP contribution in [-0.2, 0) is 10.0 Å². The average molecular weight is 272 g/mol. The summed E-state index contributed by atoms with van der Waals surface area (Å²) in [5.41, 5.74) is 2.28. The van der Waals surface area contributed by atoms with Crippen LogP contribution in [0.2, 0.25) is 0 Å². The normalized spacial score (nSPS) is 11.4. The second kappa shape index (κ2) is 7.30. The van der Waals surface area contributed by atoms with Gasteiger partial charge in [0.1, 0.15) is 4.90 Å². The molecule has 0 unspecified atom stereocenters. The summed E-state index contributed by atoms with van der Waals surface area (Å²) in [5.74, 6) is 5.39. The van der Waals surface area contributed by atoms with E-state index in [1.807, 2.05) is 0 Å². The second-order valence-corrected chi connectivity index (χ2v) is 5.69. The lowest BCUT2D eigenvalue weighted by Gasteiger charge is -2.09. The molecule has 0 saturated heterocycles. The van der Waals surface area contributed by atoms with Crippen molar-refractivity contribution in [2.75, 3.05) is 12.0 Å². The average Bonchev–Trinajstić information content (AvgIpc) is 2.38. The molecule has 0 aromatic carbocycles. The molecule has 0 amide bonds. The van der Waals surface area contributed by atoms with Gasteiger partial charge in [0.25, 0.3) is 0 Å². The molecule has 7 heteroatoms. The fourth-order valence-corrected chi connectivity index (χ4v) is 2.74. The van der Waals surface area contributed by atoms with Crippen molar-refractivity contribution in [1.29, 1.82) is 0 Å². The molecule has 0 aliphatic heterocycles. The first kappa shape index (κ1) is 14.9. The first-order valence-electron chi connectivity index (χ1n) is 6.03. The molecule has 0 spiro atoms. The number of unbranched alkanes of at least 4 members (excludes halogenated alkanes) is 3. The number of hydrogen-bond acceptors (Lipinski definition) is 5. The molecule has 0 radical (unpaired) electrons. The van der Waals surface area contributed by atoms with Crippen molar-refractivity contribution in [1.82, 2.24) is 9.71 Å². The lowest BCUT2D eigenvalue weighted by atomic mass is 10.2. The number of rotatable bonds is 8. The highest BCUT2D eigenvalue weighted by molar-refractivity contribution is 7.89. The van der Waals surface area contributed by atoms with E-state index in [0.29, 0.717) is 6.54 Å². The maximum absolute atomic E-state index is 12.0. The van der Waals surface area contributed by atoms with Gasteiger partial charge in [-0.25, -0.2) is 24.0 Å². The maximum atomic E-state index is 12.0. The molecule has 6 nitrogen and oxygen atoms in total. The van der Waals surface area contributed by atoms with Crippen molar-refractivity contribution in [3.05, 3.63) is 18.3 Å². The Labute approximate surface area is 108 Å². The molecule has 0 saturated carbocycles. The van der Waals surface area contributed by atoms with Crippen LogP contribution in [-0.4, -0.2) is 19.9 Å². The van der Waals surface area contributed by atoms with E-state index in [-0.39, 0.29) is 10.7 Å². The van der Waals surface area contributed by atoms with Crippen molar-refractivity contribution in [3.63, 3.8) is 0 Å². The monoisotopic (exact) mass is 272 g/mol. The minimum Gasteiger partial charge on any atom is -0.307 e. The molecule has 0 atom stereocenters. The lowest BCUT2D eigenvalue weighted by Crippen LogP contribution is -2.26. The Morgan fingerprint density at radius 2 is 2.11 bits per heavy atom. The van der Waals surface area contributed by atoms with E-state index in [4.69, 9.17) is 5.84 Å². The second-order valence-electron chi connectivity index (χ2n) is 3.95. The molecule has 1 aromatic heterocycles. The summed E-state index contributed by atoms with van der Waals surface area (Å²) in [6.07, 6.45) is 5.57. The predicted octanol–water partition coefficient (Wildman–Crippen LogP) is 1.23. The summed E-state index contributed by atoms with van der Waals surface area (Å²) in [6.45, 7) is 2.54. The van der Waals surface area contributed by atoms with Crippen LogP contribution in [0.5, 0.6) is 0 Å². The van der Waals surface area contributed by atoms with Crippen molar-refractivity contribution < 1.29 is 8.42 Å². The van der Waals surface area contributed by atoms with Crippen molar-refractivity contribution in [2.24, 2.45) is 5.84 Å². The van der Waals surface area contributed by atoms with E-state index in [0.717, 1.165) is 25.7 Å². The number of nitrogen functional groups attached to an aromatic ring is 1. The summed E-state index contributed by atoms with van der Waals surface area (Å²) < 4.78 is 26.5. The highest BCUT2D eigenvalue weighted by Crippen LogP contribution is 2.16.